The molecule has 0 aromatic heterocycles. The number of aliphatic hydroxyl groups excluding tert-OH is 1. The lowest BCUT2D eigenvalue weighted by atomic mass is 9.96. The third kappa shape index (κ3) is 5.28. The van der Waals surface area contributed by atoms with Gasteiger partial charge in [0.2, 0.25) is 0 Å². The first-order valence-electron chi connectivity index (χ1n) is 6.36. The number of likely N-dealkylation sites (N-methyl/N-ethyl adjacent to an activating group) is 1. The number of nitrogens with one attached hydrogen (secondary N) is 1. The number of rotatable bonds is 8. The van der Waals surface area contributed by atoms with Gasteiger partial charge >= 0.3 is 0 Å². The zero-order valence-electron chi connectivity index (χ0n) is 11.9. The Morgan fingerprint density at radius 2 is 1.88 bits per heavy atom. The van der Waals surface area contributed by atoms with Crippen LogP contribution in [-0.4, -0.2) is 48.8 Å². The van der Waals surface area contributed by atoms with E-state index in [1.807, 2.05) is 7.05 Å². The summed E-state index contributed by atoms with van der Waals surface area (Å²) in [6.45, 7) is 10.1. The summed E-state index contributed by atoms with van der Waals surface area (Å²) in [5.41, 5.74) is -0.123. The molecule has 3 heteroatoms. The number of hydrogen-bond acceptors (Lipinski definition) is 3. The first-order valence-corrected chi connectivity index (χ1v) is 6.36. The van der Waals surface area contributed by atoms with E-state index in [1.54, 1.807) is 0 Å². The Bertz CT molecular complexity index is 179. The van der Waals surface area contributed by atoms with E-state index in [0.717, 1.165) is 19.4 Å². The third-order valence-corrected chi connectivity index (χ3v) is 3.85. The van der Waals surface area contributed by atoms with Crippen molar-refractivity contribution in [3.8, 4) is 0 Å². The van der Waals surface area contributed by atoms with Gasteiger partial charge in [0, 0.05) is 11.6 Å². The summed E-state index contributed by atoms with van der Waals surface area (Å²) < 4.78 is 0. The molecule has 0 aliphatic rings. The summed E-state index contributed by atoms with van der Waals surface area (Å²) in [6.07, 6.45) is 2.13. The van der Waals surface area contributed by atoms with Gasteiger partial charge in [-0.15, -0.1) is 0 Å². The minimum absolute atomic E-state index is 0.123. The minimum Gasteiger partial charge on any atom is -0.394 e. The fourth-order valence-corrected chi connectivity index (χ4v) is 1.71. The van der Waals surface area contributed by atoms with Gasteiger partial charge < -0.3 is 15.3 Å². The Hall–Kier alpha value is -0.120. The van der Waals surface area contributed by atoms with E-state index in [4.69, 9.17) is 0 Å². The van der Waals surface area contributed by atoms with Gasteiger partial charge in [-0.2, -0.15) is 0 Å². The Morgan fingerprint density at radius 3 is 2.25 bits per heavy atom. The number of aliphatic hydroxyl groups is 1. The van der Waals surface area contributed by atoms with Gasteiger partial charge in [-0.05, 0) is 53.2 Å². The Balaban J connectivity index is 3.89. The number of nitrogens with zero attached hydrogens (tertiary/aromatic N) is 1. The molecule has 0 aromatic rings. The SMILES string of the molecule is CNC(C)(CO)CCCN(C)C(C)C(C)C. The molecule has 16 heavy (non-hydrogen) atoms. The van der Waals surface area contributed by atoms with Crippen molar-refractivity contribution in [2.45, 2.75) is 52.1 Å². The van der Waals surface area contributed by atoms with Gasteiger partial charge in [0.25, 0.3) is 0 Å². The van der Waals surface area contributed by atoms with E-state index in [2.05, 4.69) is 45.0 Å². The molecule has 0 spiro atoms. The molecule has 2 N–H and O–H groups in total. The van der Waals surface area contributed by atoms with E-state index in [0.29, 0.717) is 12.0 Å². The van der Waals surface area contributed by atoms with E-state index >= 15 is 0 Å². The lowest BCUT2D eigenvalue weighted by molar-refractivity contribution is 0.156. The summed E-state index contributed by atoms with van der Waals surface area (Å²) in [5.74, 6) is 0.693. The second-order valence-corrected chi connectivity index (χ2v) is 5.54. The molecule has 0 radical (unpaired) electrons. The highest BCUT2D eigenvalue weighted by Crippen LogP contribution is 2.13. The molecule has 2 unspecified atom stereocenters. The molecule has 0 bridgehead atoms. The molecule has 3 nitrogen and oxygen atoms in total. The van der Waals surface area contributed by atoms with Crippen molar-refractivity contribution in [1.29, 1.82) is 0 Å². The quantitative estimate of drug-likeness (QED) is 0.666. The average Bonchev–Trinajstić information content (AvgIpc) is 2.27. The lowest BCUT2D eigenvalue weighted by Gasteiger charge is -2.31. The molecule has 0 saturated heterocycles. The fraction of sp³-hybridized carbons (Fsp3) is 1.00. The molecule has 0 aromatic carbocycles. The molecular formula is C13H30N2O. The van der Waals surface area contributed by atoms with Crippen molar-refractivity contribution in [1.82, 2.24) is 10.2 Å². The van der Waals surface area contributed by atoms with Crippen LogP contribution < -0.4 is 5.32 Å². The maximum absolute atomic E-state index is 9.27. The van der Waals surface area contributed by atoms with E-state index < -0.39 is 0 Å². The van der Waals surface area contributed by atoms with Crippen molar-refractivity contribution in [3.63, 3.8) is 0 Å². The monoisotopic (exact) mass is 230 g/mol. The topological polar surface area (TPSA) is 35.5 Å². The first kappa shape index (κ1) is 15.9. The normalized spacial score (nSPS) is 17.8. The molecule has 2 atom stereocenters. The summed E-state index contributed by atoms with van der Waals surface area (Å²) in [4.78, 5) is 2.40. The van der Waals surface area contributed by atoms with E-state index in [1.165, 1.54) is 0 Å². The predicted octanol–water partition coefficient (Wildman–Crippen LogP) is 1.71. The van der Waals surface area contributed by atoms with Crippen LogP contribution in [0.3, 0.4) is 0 Å². The van der Waals surface area contributed by atoms with Gasteiger partial charge in [0.1, 0.15) is 0 Å². The zero-order valence-corrected chi connectivity index (χ0v) is 11.9. The highest BCUT2D eigenvalue weighted by molar-refractivity contribution is 4.80. The van der Waals surface area contributed by atoms with Gasteiger partial charge in [-0.3, -0.25) is 0 Å². The van der Waals surface area contributed by atoms with Crippen molar-refractivity contribution in [3.05, 3.63) is 0 Å². The highest BCUT2D eigenvalue weighted by Gasteiger charge is 2.21. The lowest BCUT2D eigenvalue weighted by Crippen LogP contribution is -2.44. The number of hydrogen-bond donors (Lipinski definition) is 2. The molecule has 0 saturated carbocycles. The molecule has 0 aliphatic heterocycles. The van der Waals surface area contributed by atoms with E-state index in [-0.39, 0.29) is 12.1 Å². The molecule has 0 amide bonds. The molecule has 0 fully saturated rings. The van der Waals surface area contributed by atoms with Crippen LogP contribution in [0.1, 0.15) is 40.5 Å². The van der Waals surface area contributed by atoms with Crippen molar-refractivity contribution < 1.29 is 5.11 Å². The average molecular weight is 230 g/mol. The molecular weight excluding hydrogens is 200 g/mol. The molecule has 0 rings (SSSR count). The van der Waals surface area contributed by atoms with Gasteiger partial charge in [-0.1, -0.05) is 13.8 Å². The van der Waals surface area contributed by atoms with Gasteiger partial charge in [-0.25, -0.2) is 0 Å². The summed E-state index contributed by atoms with van der Waals surface area (Å²) in [7, 11) is 4.09. The van der Waals surface area contributed by atoms with Crippen LogP contribution in [-0.2, 0) is 0 Å². The standard InChI is InChI=1S/C13H30N2O/c1-11(2)12(3)15(6)9-7-8-13(4,10-16)14-5/h11-12,14,16H,7-10H2,1-6H3. The molecule has 0 aliphatic carbocycles. The van der Waals surface area contributed by atoms with Gasteiger partial charge in [0.15, 0.2) is 0 Å². The minimum atomic E-state index is -0.123. The largest absolute Gasteiger partial charge is 0.394 e. The second kappa shape index (κ2) is 7.25. The molecule has 0 heterocycles. The van der Waals surface area contributed by atoms with Crippen molar-refractivity contribution in [2.75, 3.05) is 27.2 Å². The van der Waals surface area contributed by atoms with Crippen LogP contribution in [0.15, 0.2) is 0 Å². The zero-order chi connectivity index (χ0) is 12.8. The first-order chi connectivity index (χ1) is 7.36. The van der Waals surface area contributed by atoms with Gasteiger partial charge in [0.05, 0.1) is 6.61 Å². The Kier molecular flexibility index (Phi) is 7.20. The predicted molar refractivity (Wildman–Crippen MR) is 70.7 cm³/mol. The molecule has 98 valence electrons. The van der Waals surface area contributed by atoms with Crippen LogP contribution in [0.2, 0.25) is 0 Å². The summed E-state index contributed by atoms with van der Waals surface area (Å²) in [5, 5.41) is 12.5. The van der Waals surface area contributed by atoms with Crippen molar-refractivity contribution in [2.24, 2.45) is 5.92 Å². The van der Waals surface area contributed by atoms with Crippen LogP contribution in [0, 0.1) is 5.92 Å². The maximum atomic E-state index is 9.27. The van der Waals surface area contributed by atoms with Crippen LogP contribution in [0.25, 0.3) is 0 Å². The van der Waals surface area contributed by atoms with Crippen molar-refractivity contribution >= 4 is 0 Å². The smallest absolute Gasteiger partial charge is 0.0610 e. The summed E-state index contributed by atoms with van der Waals surface area (Å²) in [6, 6.07) is 0.620. The fourth-order valence-electron chi connectivity index (χ4n) is 1.71. The Morgan fingerprint density at radius 1 is 1.31 bits per heavy atom. The third-order valence-electron chi connectivity index (χ3n) is 3.85. The summed E-state index contributed by atoms with van der Waals surface area (Å²) >= 11 is 0. The Labute approximate surface area is 101 Å². The maximum Gasteiger partial charge on any atom is 0.0610 e. The van der Waals surface area contributed by atoms with Crippen LogP contribution in [0.4, 0.5) is 0 Å². The van der Waals surface area contributed by atoms with Crippen LogP contribution in [0.5, 0.6) is 0 Å². The van der Waals surface area contributed by atoms with E-state index in [9.17, 15) is 5.11 Å². The van der Waals surface area contributed by atoms with Crippen LogP contribution >= 0.6 is 0 Å². The highest BCUT2D eigenvalue weighted by atomic mass is 16.3. The second-order valence-electron chi connectivity index (χ2n) is 5.54.